The number of fused-ring (bicyclic) bond motifs is 3. The number of benzene rings is 2. The zero-order chi connectivity index (χ0) is 17.3. The molecule has 0 saturated heterocycles. The van der Waals surface area contributed by atoms with E-state index in [1.807, 2.05) is 0 Å². The SMILES string of the molecule is C[C](C)=[Zr+2].Cc1ccc2c(c1)[cH-]c1c(C3=CC=CC3)c(C)ccc12.[Cl-].[Cl-]. The molecule has 0 atom stereocenters. The molecule has 3 aromatic carbocycles. The van der Waals surface area contributed by atoms with Gasteiger partial charge >= 0.3 is 41.3 Å². The monoisotopic (exact) mass is 459 g/mol. The molecule has 0 N–H and O–H groups in total. The molecule has 0 saturated carbocycles. The van der Waals surface area contributed by atoms with Crippen LogP contribution in [0.4, 0.5) is 0 Å². The minimum atomic E-state index is 0. The molecular weight excluding hydrogens is 438 g/mol. The van der Waals surface area contributed by atoms with Crippen LogP contribution in [-0.2, 0) is 24.2 Å². The predicted octanol–water partition coefficient (Wildman–Crippen LogP) is 0.425. The minimum absolute atomic E-state index is 0. The summed E-state index contributed by atoms with van der Waals surface area (Å²) < 4.78 is 1.51. The Morgan fingerprint density at radius 2 is 1.65 bits per heavy atom. The molecule has 0 bridgehead atoms. The largest absolute Gasteiger partial charge is 1.00 e. The van der Waals surface area contributed by atoms with Crippen LogP contribution in [0.3, 0.4) is 0 Å². The van der Waals surface area contributed by atoms with Gasteiger partial charge in [-0.05, 0) is 20.3 Å². The minimum Gasteiger partial charge on any atom is -1.00 e. The number of hydrogen-bond acceptors (Lipinski definition) is 0. The summed E-state index contributed by atoms with van der Waals surface area (Å²) in [5.74, 6) is 0. The normalized spacial score (nSPS) is 12.2. The van der Waals surface area contributed by atoms with E-state index in [9.17, 15) is 0 Å². The Hall–Kier alpha value is -0.877. The summed E-state index contributed by atoms with van der Waals surface area (Å²) in [6.07, 6.45) is 7.71. The van der Waals surface area contributed by atoms with Gasteiger partial charge in [-0.1, -0.05) is 64.8 Å². The Kier molecular flexibility index (Phi) is 8.81. The second kappa shape index (κ2) is 9.88. The van der Waals surface area contributed by atoms with E-state index in [0.29, 0.717) is 0 Å². The van der Waals surface area contributed by atoms with Crippen molar-refractivity contribution in [1.82, 2.24) is 0 Å². The fraction of sp³-hybridized carbons (Fsp3) is 0.217. The van der Waals surface area contributed by atoms with Crippen molar-refractivity contribution in [2.75, 3.05) is 0 Å². The third-order valence-electron chi connectivity index (χ3n) is 4.34. The predicted molar refractivity (Wildman–Crippen MR) is 105 cm³/mol. The van der Waals surface area contributed by atoms with Crippen LogP contribution in [-0.4, -0.2) is 3.21 Å². The van der Waals surface area contributed by atoms with Crippen LogP contribution in [0.1, 0.15) is 37.0 Å². The molecule has 0 spiro atoms. The Balaban J connectivity index is 0.000000516. The Labute approximate surface area is 183 Å². The molecule has 1 aliphatic rings. The zero-order valence-corrected chi connectivity index (χ0v) is 19.6. The molecule has 134 valence electrons. The third kappa shape index (κ3) is 4.89. The average molecular weight is 462 g/mol. The molecule has 0 nitrogen and oxygen atoms in total. The van der Waals surface area contributed by atoms with Gasteiger partial charge in [0, 0.05) is 0 Å². The van der Waals surface area contributed by atoms with Gasteiger partial charge in [0.1, 0.15) is 0 Å². The van der Waals surface area contributed by atoms with E-state index >= 15 is 0 Å². The smallest absolute Gasteiger partial charge is 0.0159 e. The Morgan fingerprint density at radius 1 is 1.00 bits per heavy atom. The number of rotatable bonds is 1. The van der Waals surface area contributed by atoms with E-state index in [2.05, 4.69) is 82.3 Å². The molecule has 0 heterocycles. The molecule has 26 heavy (non-hydrogen) atoms. The molecule has 1 aliphatic carbocycles. The van der Waals surface area contributed by atoms with Crippen molar-refractivity contribution < 1.29 is 49.0 Å². The van der Waals surface area contributed by atoms with Crippen LogP contribution in [0.5, 0.6) is 0 Å². The van der Waals surface area contributed by atoms with Crippen LogP contribution in [0.25, 0.3) is 27.1 Å². The van der Waals surface area contributed by atoms with Gasteiger partial charge in [-0.3, -0.25) is 0 Å². The first-order chi connectivity index (χ1) is 11.5. The molecule has 0 radical (unpaired) electrons. The summed E-state index contributed by atoms with van der Waals surface area (Å²) in [6, 6.07) is 13.6. The van der Waals surface area contributed by atoms with Crippen molar-refractivity contribution in [1.29, 1.82) is 0 Å². The third-order valence-corrected chi connectivity index (χ3v) is 4.34. The molecular formula is C23H23Cl2Zr-. The Bertz CT molecular complexity index is 986. The van der Waals surface area contributed by atoms with E-state index < -0.39 is 0 Å². The quantitative estimate of drug-likeness (QED) is 0.461. The maximum absolute atomic E-state index is 2.36. The molecule has 0 unspecified atom stereocenters. The van der Waals surface area contributed by atoms with E-state index in [1.54, 1.807) is 24.2 Å². The summed E-state index contributed by atoms with van der Waals surface area (Å²) in [5.41, 5.74) is 5.58. The van der Waals surface area contributed by atoms with Crippen LogP contribution < -0.4 is 24.8 Å². The standard InChI is InChI=1S/C20H17.C3H6.2ClH.Zr/c1-13-7-9-17-16(11-13)12-19-18(17)10-8-14(2)20(19)15-5-3-4-6-15;1-3-2;;;/h3-5,7-12H,6H2,1-2H3;1-2H3;2*1H;/q-1;;;;+2/p-2. The van der Waals surface area contributed by atoms with Gasteiger partial charge in [0.15, 0.2) is 0 Å². The first kappa shape index (κ1) is 23.2. The first-order valence-corrected chi connectivity index (χ1v) is 9.67. The molecule has 3 aromatic rings. The van der Waals surface area contributed by atoms with Crippen molar-refractivity contribution >= 4 is 30.3 Å². The van der Waals surface area contributed by atoms with Gasteiger partial charge in [0.25, 0.3) is 0 Å². The fourth-order valence-electron chi connectivity index (χ4n) is 3.37. The van der Waals surface area contributed by atoms with Crippen LogP contribution in [0.2, 0.25) is 0 Å². The number of allylic oxidation sites excluding steroid dienone is 4. The van der Waals surface area contributed by atoms with Gasteiger partial charge in [-0.15, -0.1) is 33.7 Å². The van der Waals surface area contributed by atoms with Crippen molar-refractivity contribution in [3.63, 3.8) is 0 Å². The van der Waals surface area contributed by atoms with Gasteiger partial charge < -0.3 is 24.8 Å². The summed E-state index contributed by atoms with van der Waals surface area (Å²) >= 11 is 1.55. The van der Waals surface area contributed by atoms with Crippen LogP contribution in [0.15, 0.2) is 54.6 Å². The molecule has 3 heteroatoms. The van der Waals surface area contributed by atoms with Crippen molar-refractivity contribution in [3.8, 4) is 0 Å². The second-order valence-corrected chi connectivity index (χ2v) is 9.24. The maximum Gasteiger partial charge on any atom is -0.0159 e. The number of hydrogen-bond donors (Lipinski definition) is 0. The van der Waals surface area contributed by atoms with Crippen molar-refractivity contribution in [2.24, 2.45) is 0 Å². The van der Waals surface area contributed by atoms with Crippen molar-refractivity contribution in [2.45, 2.75) is 34.1 Å². The zero-order valence-electron chi connectivity index (χ0n) is 15.7. The molecule has 0 fully saturated rings. The maximum atomic E-state index is 2.36. The van der Waals surface area contributed by atoms with Gasteiger partial charge in [-0.2, -0.15) is 0 Å². The molecule has 4 rings (SSSR count). The van der Waals surface area contributed by atoms with Crippen molar-refractivity contribution in [3.05, 3.63) is 71.3 Å². The van der Waals surface area contributed by atoms with E-state index in [4.69, 9.17) is 0 Å². The second-order valence-electron chi connectivity index (χ2n) is 6.78. The Morgan fingerprint density at radius 3 is 2.27 bits per heavy atom. The first-order valence-electron chi connectivity index (χ1n) is 8.44. The summed E-state index contributed by atoms with van der Waals surface area (Å²) in [5, 5.41) is 5.52. The number of halogens is 2. The van der Waals surface area contributed by atoms with E-state index in [1.165, 1.54) is 47.0 Å². The summed E-state index contributed by atoms with van der Waals surface area (Å²) in [6.45, 7) is 8.63. The van der Waals surface area contributed by atoms with Gasteiger partial charge in [-0.25, -0.2) is 0 Å². The average Bonchev–Trinajstić information content (AvgIpc) is 3.13. The van der Waals surface area contributed by atoms with Gasteiger partial charge in [0.05, 0.1) is 0 Å². The van der Waals surface area contributed by atoms with E-state index in [-0.39, 0.29) is 24.8 Å². The van der Waals surface area contributed by atoms with E-state index in [0.717, 1.165) is 6.42 Å². The fourth-order valence-corrected chi connectivity index (χ4v) is 3.37. The van der Waals surface area contributed by atoms with Crippen LogP contribution in [0, 0.1) is 13.8 Å². The molecule has 0 aromatic heterocycles. The molecule has 0 amide bonds. The van der Waals surface area contributed by atoms with Gasteiger partial charge in [0.2, 0.25) is 0 Å². The number of aryl methyl sites for hydroxylation is 2. The topological polar surface area (TPSA) is 0 Å². The summed E-state index contributed by atoms with van der Waals surface area (Å²) in [4.78, 5) is 0. The van der Waals surface area contributed by atoms with Crippen LogP contribution >= 0.6 is 0 Å². The molecule has 0 aliphatic heterocycles. The summed E-state index contributed by atoms with van der Waals surface area (Å²) in [7, 11) is 0.